The van der Waals surface area contributed by atoms with Gasteiger partial charge in [0.1, 0.15) is 11.5 Å². The van der Waals surface area contributed by atoms with Crippen molar-refractivity contribution in [3.8, 4) is 11.5 Å². The van der Waals surface area contributed by atoms with Crippen molar-refractivity contribution in [2.24, 2.45) is 5.10 Å². The molecule has 0 fully saturated rings. The fourth-order valence-corrected chi connectivity index (χ4v) is 3.55. The van der Waals surface area contributed by atoms with Crippen LogP contribution in [0.1, 0.15) is 33.2 Å². The second-order valence-electron chi connectivity index (χ2n) is 7.25. The van der Waals surface area contributed by atoms with E-state index >= 15 is 0 Å². The molecular weight excluding hydrogens is 452 g/mol. The number of hydrogen-bond donors (Lipinski definition) is 1. The number of rotatable bonds is 7. The number of carbonyl (C=O) groups is 2. The monoisotopic (exact) mass is 472 g/mol. The van der Waals surface area contributed by atoms with Crippen molar-refractivity contribution in [2.75, 3.05) is 6.61 Å². The third-order valence-corrected chi connectivity index (χ3v) is 5.22. The molecule has 0 radical (unpaired) electrons. The van der Waals surface area contributed by atoms with E-state index in [1.165, 1.54) is 6.21 Å². The first-order valence-corrected chi connectivity index (χ1v) is 11.0. The Morgan fingerprint density at radius 2 is 1.74 bits per heavy atom. The summed E-state index contributed by atoms with van der Waals surface area (Å²) in [7, 11) is 0. The summed E-state index contributed by atoms with van der Waals surface area (Å²) in [5.41, 5.74) is 3.81. The lowest BCUT2D eigenvalue weighted by molar-refractivity contribution is 0.0734. The quantitative estimate of drug-likeness (QED) is 0.158. The Hall–Kier alpha value is -4.16. The van der Waals surface area contributed by atoms with Gasteiger partial charge in [-0.15, -0.1) is 0 Å². The molecule has 0 saturated carbocycles. The topological polar surface area (TPSA) is 77.0 Å². The van der Waals surface area contributed by atoms with E-state index in [1.54, 1.807) is 54.6 Å². The lowest BCUT2D eigenvalue weighted by Gasteiger charge is -2.11. The van der Waals surface area contributed by atoms with E-state index < -0.39 is 11.9 Å². The number of hydrazone groups is 1. The van der Waals surface area contributed by atoms with Crippen LogP contribution < -0.4 is 14.9 Å². The van der Waals surface area contributed by atoms with Crippen LogP contribution in [0, 0.1) is 0 Å². The summed E-state index contributed by atoms with van der Waals surface area (Å²) < 4.78 is 11.1. The lowest BCUT2D eigenvalue weighted by atomic mass is 10.0. The van der Waals surface area contributed by atoms with Crippen molar-refractivity contribution >= 4 is 40.5 Å². The van der Waals surface area contributed by atoms with Gasteiger partial charge in [-0.2, -0.15) is 5.10 Å². The van der Waals surface area contributed by atoms with Crippen LogP contribution in [-0.2, 0) is 0 Å². The van der Waals surface area contributed by atoms with Crippen LogP contribution in [0.3, 0.4) is 0 Å². The van der Waals surface area contributed by atoms with Gasteiger partial charge in [-0.25, -0.2) is 10.2 Å². The SMILES string of the molecule is CCOc1ccc(C(=O)Oc2ccc3ccccc3c2/C=N\NC(=O)c2cccc(Cl)c2)cc1. The Morgan fingerprint density at radius 3 is 2.50 bits per heavy atom. The van der Waals surface area contributed by atoms with Crippen LogP contribution in [-0.4, -0.2) is 24.7 Å². The zero-order valence-electron chi connectivity index (χ0n) is 18.3. The molecule has 4 aromatic carbocycles. The highest BCUT2D eigenvalue weighted by atomic mass is 35.5. The number of nitrogens with zero attached hydrogens (tertiary/aromatic N) is 1. The van der Waals surface area contributed by atoms with Gasteiger partial charge in [0.05, 0.1) is 18.4 Å². The summed E-state index contributed by atoms with van der Waals surface area (Å²) in [5, 5.41) is 6.30. The third kappa shape index (κ3) is 5.42. The Bertz CT molecular complexity index is 1370. The minimum Gasteiger partial charge on any atom is -0.494 e. The number of carbonyl (C=O) groups excluding carboxylic acids is 2. The van der Waals surface area contributed by atoms with Gasteiger partial charge in [0.25, 0.3) is 5.91 Å². The van der Waals surface area contributed by atoms with Crippen molar-refractivity contribution in [1.82, 2.24) is 5.43 Å². The molecule has 0 unspecified atom stereocenters. The maximum atomic E-state index is 12.8. The van der Waals surface area contributed by atoms with Crippen molar-refractivity contribution in [1.29, 1.82) is 0 Å². The molecule has 4 aromatic rings. The Morgan fingerprint density at radius 1 is 0.941 bits per heavy atom. The summed E-state index contributed by atoms with van der Waals surface area (Å²) >= 11 is 5.95. The van der Waals surface area contributed by atoms with Crippen LogP contribution in [0.2, 0.25) is 5.02 Å². The first-order chi connectivity index (χ1) is 16.5. The predicted molar refractivity (Wildman–Crippen MR) is 133 cm³/mol. The van der Waals surface area contributed by atoms with Crippen LogP contribution in [0.15, 0.2) is 90.0 Å². The minimum atomic E-state index is -0.518. The number of benzene rings is 4. The zero-order valence-corrected chi connectivity index (χ0v) is 19.1. The Labute approximate surface area is 201 Å². The normalized spacial score (nSPS) is 10.9. The molecule has 0 heterocycles. The van der Waals surface area contributed by atoms with Crippen molar-refractivity contribution in [3.63, 3.8) is 0 Å². The molecule has 0 aliphatic rings. The van der Waals surface area contributed by atoms with E-state index in [9.17, 15) is 9.59 Å². The number of nitrogens with one attached hydrogen (secondary N) is 1. The first-order valence-electron chi connectivity index (χ1n) is 10.6. The van der Waals surface area contributed by atoms with Gasteiger partial charge in [-0.1, -0.05) is 48.0 Å². The highest BCUT2D eigenvalue weighted by Gasteiger charge is 2.14. The number of halogens is 1. The molecule has 0 aliphatic carbocycles. The van der Waals surface area contributed by atoms with Crippen LogP contribution in [0.5, 0.6) is 11.5 Å². The van der Waals surface area contributed by atoms with Crippen LogP contribution in [0.25, 0.3) is 10.8 Å². The van der Waals surface area contributed by atoms with Gasteiger partial charge in [0.15, 0.2) is 0 Å². The fourth-order valence-electron chi connectivity index (χ4n) is 3.36. The number of hydrogen-bond acceptors (Lipinski definition) is 5. The van der Waals surface area contributed by atoms with E-state index in [4.69, 9.17) is 21.1 Å². The average molecular weight is 473 g/mol. The molecule has 0 spiro atoms. The lowest BCUT2D eigenvalue weighted by Crippen LogP contribution is -2.17. The second-order valence-corrected chi connectivity index (χ2v) is 7.69. The van der Waals surface area contributed by atoms with Gasteiger partial charge in [0.2, 0.25) is 0 Å². The van der Waals surface area contributed by atoms with Crippen LogP contribution >= 0.6 is 11.6 Å². The molecule has 0 atom stereocenters. The van der Waals surface area contributed by atoms with E-state index in [2.05, 4.69) is 10.5 Å². The zero-order chi connectivity index (χ0) is 23.9. The molecule has 170 valence electrons. The smallest absolute Gasteiger partial charge is 0.343 e. The second kappa shape index (κ2) is 10.6. The minimum absolute atomic E-state index is 0.318. The Balaban J connectivity index is 1.59. The molecule has 0 saturated heterocycles. The maximum Gasteiger partial charge on any atom is 0.343 e. The van der Waals surface area contributed by atoms with Gasteiger partial charge in [-0.05, 0) is 66.2 Å². The number of amides is 1. The van der Waals surface area contributed by atoms with Crippen molar-refractivity contribution in [2.45, 2.75) is 6.92 Å². The molecule has 1 amide bonds. The van der Waals surface area contributed by atoms with Crippen molar-refractivity contribution < 1.29 is 19.1 Å². The summed E-state index contributed by atoms with van der Waals surface area (Å²) in [6.45, 7) is 2.43. The summed E-state index contributed by atoms with van der Waals surface area (Å²) in [6, 6.07) is 24.5. The van der Waals surface area contributed by atoms with Crippen LogP contribution in [0.4, 0.5) is 0 Å². The first kappa shape index (κ1) is 23.0. The average Bonchev–Trinajstić information content (AvgIpc) is 2.85. The van der Waals surface area contributed by atoms with E-state index in [0.717, 1.165) is 10.8 Å². The highest BCUT2D eigenvalue weighted by Crippen LogP contribution is 2.27. The van der Waals surface area contributed by atoms with Gasteiger partial charge in [-0.3, -0.25) is 4.79 Å². The maximum absolute atomic E-state index is 12.8. The summed E-state index contributed by atoms with van der Waals surface area (Å²) in [6.07, 6.45) is 1.46. The number of ether oxygens (including phenoxy) is 2. The molecule has 0 aromatic heterocycles. The predicted octanol–water partition coefficient (Wildman–Crippen LogP) is 5.88. The molecule has 1 N–H and O–H groups in total. The molecule has 7 heteroatoms. The molecule has 0 aliphatic heterocycles. The van der Waals surface area contributed by atoms with Crippen molar-refractivity contribution in [3.05, 3.63) is 107 Å². The largest absolute Gasteiger partial charge is 0.494 e. The van der Waals surface area contributed by atoms with E-state index in [0.29, 0.717) is 39.8 Å². The highest BCUT2D eigenvalue weighted by molar-refractivity contribution is 6.31. The molecule has 4 rings (SSSR count). The van der Waals surface area contributed by atoms with E-state index in [-0.39, 0.29) is 0 Å². The number of esters is 1. The van der Waals surface area contributed by atoms with Gasteiger partial charge < -0.3 is 9.47 Å². The molecule has 34 heavy (non-hydrogen) atoms. The van der Waals surface area contributed by atoms with E-state index in [1.807, 2.05) is 37.3 Å². The fraction of sp³-hybridized carbons (Fsp3) is 0.0741. The Kier molecular flexibility index (Phi) is 7.20. The van der Waals surface area contributed by atoms with Gasteiger partial charge in [0, 0.05) is 16.1 Å². The third-order valence-electron chi connectivity index (χ3n) is 4.98. The molecule has 0 bridgehead atoms. The molecular formula is C27H21ClN2O4. The molecule has 6 nitrogen and oxygen atoms in total. The van der Waals surface area contributed by atoms with Gasteiger partial charge >= 0.3 is 5.97 Å². The standard InChI is InChI=1S/C27H21ClN2O4/c1-2-33-22-13-10-19(11-14-22)27(32)34-25-15-12-18-6-3-4-9-23(18)24(25)17-29-30-26(31)20-7-5-8-21(28)16-20/h3-17H,2H2,1H3,(H,30,31)/b29-17-. The summed E-state index contributed by atoms with van der Waals surface area (Å²) in [4.78, 5) is 25.2. The number of fused-ring (bicyclic) bond motifs is 1. The summed E-state index contributed by atoms with van der Waals surface area (Å²) in [5.74, 6) is 0.0641.